The minimum atomic E-state index is -0.342. The summed E-state index contributed by atoms with van der Waals surface area (Å²) in [6.45, 7) is 1.70. The predicted molar refractivity (Wildman–Crippen MR) is 121 cm³/mol. The van der Waals surface area contributed by atoms with Crippen LogP contribution in [0.2, 0.25) is 0 Å². The molecule has 2 heterocycles. The Labute approximate surface area is 183 Å². The average Bonchev–Trinajstić information content (AvgIpc) is 3.18. The third kappa shape index (κ3) is 3.10. The van der Waals surface area contributed by atoms with Gasteiger partial charge in [0, 0.05) is 29.0 Å². The highest BCUT2D eigenvalue weighted by molar-refractivity contribution is 6.03. The summed E-state index contributed by atoms with van der Waals surface area (Å²) in [6, 6.07) is 6.62. The maximum absolute atomic E-state index is 13.2. The molecule has 0 bridgehead atoms. The maximum atomic E-state index is 13.2. The molecule has 0 fully saturated rings. The van der Waals surface area contributed by atoms with Crippen molar-refractivity contribution in [3.05, 3.63) is 57.3 Å². The third-order valence-electron chi connectivity index (χ3n) is 5.95. The van der Waals surface area contributed by atoms with Gasteiger partial charge in [-0.3, -0.25) is 4.79 Å². The fourth-order valence-corrected chi connectivity index (χ4v) is 4.37. The molecule has 0 aliphatic heterocycles. The van der Waals surface area contributed by atoms with Crippen LogP contribution in [0.25, 0.3) is 21.9 Å². The molecule has 164 valence electrons. The molecule has 0 amide bonds. The minimum Gasteiger partial charge on any atom is -0.507 e. The van der Waals surface area contributed by atoms with Crippen molar-refractivity contribution in [1.82, 2.24) is 9.66 Å². The van der Waals surface area contributed by atoms with E-state index in [0.717, 1.165) is 42.4 Å². The predicted octanol–water partition coefficient (Wildman–Crippen LogP) is 3.93. The number of fused-ring (bicyclic) bond motifs is 4. The normalized spacial score (nSPS) is 13.7. The lowest BCUT2D eigenvalue weighted by Crippen LogP contribution is -2.20. The smallest absolute Gasteiger partial charge is 0.282 e. The lowest BCUT2D eigenvalue weighted by molar-refractivity contribution is 0.355. The fourth-order valence-electron chi connectivity index (χ4n) is 4.37. The lowest BCUT2D eigenvalue weighted by Gasteiger charge is -2.11. The molecule has 2 aromatic heterocycles. The third-order valence-corrected chi connectivity index (χ3v) is 5.95. The molecule has 1 aliphatic rings. The van der Waals surface area contributed by atoms with Crippen LogP contribution in [0, 0.1) is 6.92 Å². The largest absolute Gasteiger partial charge is 0.507 e. The highest BCUT2D eigenvalue weighted by Gasteiger charge is 2.21. The van der Waals surface area contributed by atoms with Gasteiger partial charge in [-0.15, -0.1) is 0 Å². The molecule has 0 atom stereocenters. The van der Waals surface area contributed by atoms with Gasteiger partial charge in [0.05, 0.1) is 31.3 Å². The number of aromatic nitrogens is 2. The van der Waals surface area contributed by atoms with Crippen molar-refractivity contribution in [3.63, 3.8) is 0 Å². The zero-order valence-corrected chi connectivity index (χ0v) is 18.1. The first-order valence-electron chi connectivity index (χ1n) is 10.5. The Hall–Kier alpha value is -3.81. The first-order chi connectivity index (χ1) is 15.5. The summed E-state index contributed by atoms with van der Waals surface area (Å²) in [6.07, 6.45) is 5.45. The molecule has 0 saturated carbocycles. The van der Waals surface area contributed by atoms with Gasteiger partial charge in [0.15, 0.2) is 11.5 Å². The number of aromatic hydroxyl groups is 1. The van der Waals surface area contributed by atoms with Crippen LogP contribution >= 0.6 is 0 Å². The number of benzene rings is 2. The summed E-state index contributed by atoms with van der Waals surface area (Å²) in [5.41, 5.74) is 2.51. The first-order valence-corrected chi connectivity index (χ1v) is 10.5. The Morgan fingerprint density at radius 3 is 2.69 bits per heavy atom. The molecule has 5 rings (SSSR count). The molecule has 0 radical (unpaired) electrons. The standard InChI is InChI=1S/C24H23N3O5/c1-13-26-17-11-22(31-3)21(30-2)10-15(17)24(29)27(13)25-12-16-18(28)8-9-20-23(16)14-6-4-5-7-19(14)32-20/h8-12,28H,4-7H2,1-3H3. The van der Waals surface area contributed by atoms with E-state index in [1.807, 2.05) is 0 Å². The molecule has 2 aromatic carbocycles. The van der Waals surface area contributed by atoms with Gasteiger partial charge in [0.1, 0.15) is 22.9 Å². The fraction of sp³-hybridized carbons (Fsp3) is 0.292. The molecule has 0 spiro atoms. The Bertz CT molecular complexity index is 1450. The molecule has 32 heavy (non-hydrogen) atoms. The van der Waals surface area contributed by atoms with E-state index in [4.69, 9.17) is 13.9 Å². The van der Waals surface area contributed by atoms with E-state index < -0.39 is 0 Å². The molecular formula is C24H23N3O5. The van der Waals surface area contributed by atoms with E-state index in [9.17, 15) is 9.90 Å². The van der Waals surface area contributed by atoms with Crippen LogP contribution in [-0.4, -0.2) is 35.2 Å². The number of phenolic OH excluding ortho intramolecular Hbond substituents is 1. The number of rotatable bonds is 4. The van der Waals surface area contributed by atoms with Gasteiger partial charge in [-0.1, -0.05) is 0 Å². The van der Waals surface area contributed by atoms with E-state index in [2.05, 4.69) is 10.1 Å². The number of methoxy groups -OCH3 is 2. The molecule has 0 unspecified atom stereocenters. The van der Waals surface area contributed by atoms with Gasteiger partial charge in [-0.25, -0.2) is 4.98 Å². The quantitative estimate of drug-likeness (QED) is 0.490. The highest BCUT2D eigenvalue weighted by Crippen LogP contribution is 2.36. The second-order valence-electron chi connectivity index (χ2n) is 7.83. The van der Waals surface area contributed by atoms with Crippen molar-refractivity contribution >= 4 is 28.1 Å². The molecule has 1 N–H and O–H groups in total. The topological polar surface area (TPSA) is 99.1 Å². The Kier molecular flexibility index (Phi) is 4.84. The van der Waals surface area contributed by atoms with Crippen molar-refractivity contribution in [2.24, 2.45) is 5.10 Å². The number of nitrogens with zero attached hydrogens (tertiary/aromatic N) is 3. The SMILES string of the molecule is COc1cc2nc(C)n(N=Cc3c(O)ccc4oc5c(c34)CCCC5)c(=O)c2cc1OC. The summed E-state index contributed by atoms with van der Waals surface area (Å²) < 4.78 is 17.9. The first kappa shape index (κ1) is 20.1. The number of phenols is 1. The monoisotopic (exact) mass is 433 g/mol. The molecule has 8 heteroatoms. The van der Waals surface area contributed by atoms with Crippen molar-refractivity contribution in [2.75, 3.05) is 14.2 Å². The summed E-state index contributed by atoms with van der Waals surface area (Å²) in [5, 5.41) is 16.2. The highest BCUT2D eigenvalue weighted by atomic mass is 16.5. The minimum absolute atomic E-state index is 0.0845. The van der Waals surface area contributed by atoms with Crippen molar-refractivity contribution in [3.8, 4) is 17.2 Å². The van der Waals surface area contributed by atoms with Crippen LogP contribution in [0.3, 0.4) is 0 Å². The Morgan fingerprint density at radius 1 is 1.16 bits per heavy atom. The van der Waals surface area contributed by atoms with E-state index in [-0.39, 0.29) is 11.3 Å². The molecular weight excluding hydrogens is 410 g/mol. The second kappa shape index (κ2) is 7.71. The summed E-state index contributed by atoms with van der Waals surface area (Å²) in [5.74, 6) is 2.39. The van der Waals surface area contributed by atoms with Crippen LogP contribution in [0.1, 0.15) is 35.6 Å². The number of aryl methyl sites for hydroxylation is 3. The zero-order chi connectivity index (χ0) is 22.4. The van der Waals surface area contributed by atoms with E-state index >= 15 is 0 Å². The zero-order valence-electron chi connectivity index (χ0n) is 18.1. The van der Waals surface area contributed by atoms with Crippen LogP contribution in [0.4, 0.5) is 0 Å². The van der Waals surface area contributed by atoms with E-state index in [0.29, 0.717) is 39.4 Å². The number of furan rings is 1. The van der Waals surface area contributed by atoms with E-state index in [1.165, 1.54) is 25.1 Å². The van der Waals surface area contributed by atoms with Gasteiger partial charge in [-0.2, -0.15) is 9.78 Å². The van der Waals surface area contributed by atoms with Crippen LogP contribution in [-0.2, 0) is 12.8 Å². The lowest BCUT2D eigenvalue weighted by atomic mass is 9.94. The molecule has 1 aliphatic carbocycles. The number of hydrogen-bond acceptors (Lipinski definition) is 7. The molecule has 8 nitrogen and oxygen atoms in total. The molecule has 0 saturated heterocycles. The van der Waals surface area contributed by atoms with Crippen molar-refractivity contribution in [2.45, 2.75) is 32.6 Å². The van der Waals surface area contributed by atoms with Crippen molar-refractivity contribution < 1.29 is 19.0 Å². The second-order valence-corrected chi connectivity index (χ2v) is 7.83. The van der Waals surface area contributed by atoms with Gasteiger partial charge in [0.2, 0.25) is 0 Å². The summed E-state index contributed by atoms with van der Waals surface area (Å²) in [7, 11) is 3.04. The van der Waals surface area contributed by atoms with Crippen LogP contribution in [0.15, 0.2) is 38.6 Å². The van der Waals surface area contributed by atoms with Gasteiger partial charge in [0.25, 0.3) is 5.56 Å². The Morgan fingerprint density at radius 2 is 1.91 bits per heavy atom. The van der Waals surface area contributed by atoms with Crippen molar-refractivity contribution in [1.29, 1.82) is 0 Å². The van der Waals surface area contributed by atoms with Crippen LogP contribution < -0.4 is 15.0 Å². The van der Waals surface area contributed by atoms with Crippen LogP contribution in [0.5, 0.6) is 17.2 Å². The maximum Gasteiger partial charge on any atom is 0.282 e. The summed E-state index contributed by atoms with van der Waals surface area (Å²) >= 11 is 0. The Balaban J connectivity index is 1.67. The van der Waals surface area contributed by atoms with Gasteiger partial charge < -0.3 is 19.0 Å². The number of ether oxygens (including phenoxy) is 2. The van der Waals surface area contributed by atoms with Gasteiger partial charge in [-0.05, 0) is 44.4 Å². The van der Waals surface area contributed by atoms with Gasteiger partial charge >= 0.3 is 0 Å². The molecule has 4 aromatic rings. The van der Waals surface area contributed by atoms with E-state index in [1.54, 1.807) is 31.2 Å². The number of hydrogen-bond donors (Lipinski definition) is 1. The average molecular weight is 433 g/mol. The summed E-state index contributed by atoms with van der Waals surface area (Å²) in [4.78, 5) is 17.7.